The van der Waals surface area contributed by atoms with Crippen LogP contribution in [-0.2, 0) is 17.6 Å². The minimum absolute atomic E-state index is 0.171. The van der Waals surface area contributed by atoms with E-state index in [1.54, 1.807) is 6.20 Å². The summed E-state index contributed by atoms with van der Waals surface area (Å²) in [6.45, 7) is 5.66. The third-order valence-corrected chi connectivity index (χ3v) is 4.43. The number of carboxylic acid groups (broad SMARTS) is 1. The Hall–Kier alpha value is -2.21. The van der Waals surface area contributed by atoms with E-state index in [1.807, 2.05) is 32.9 Å². The summed E-state index contributed by atoms with van der Waals surface area (Å²) in [6, 6.07) is 3.69. The van der Waals surface area contributed by atoms with Crippen molar-refractivity contribution in [3.8, 4) is 0 Å². The number of nitrogens with one attached hydrogen (secondary N) is 1. The van der Waals surface area contributed by atoms with E-state index in [9.17, 15) is 14.7 Å². The van der Waals surface area contributed by atoms with Crippen LogP contribution in [0.25, 0.3) is 0 Å². The molecule has 0 aromatic carbocycles. The highest BCUT2D eigenvalue weighted by Crippen LogP contribution is 2.33. The summed E-state index contributed by atoms with van der Waals surface area (Å²) in [7, 11) is 0. The van der Waals surface area contributed by atoms with E-state index in [-0.39, 0.29) is 17.9 Å². The lowest BCUT2D eigenvalue weighted by atomic mass is 10.1. The van der Waals surface area contributed by atoms with Crippen molar-refractivity contribution in [3.05, 3.63) is 45.6 Å². The minimum Gasteiger partial charge on any atom is -0.478 e. The molecule has 0 spiro atoms. The van der Waals surface area contributed by atoms with Crippen LogP contribution in [0.15, 0.2) is 18.3 Å². The number of carbonyl (C=O) groups is 2. The molecule has 6 heteroatoms. The van der Waals surface area contributed by atoms with Crippen molar-refractivity contribution in [2.45, 2.75) is 33.6 Å². The monoisotopic (exact) mass is 318 g/mol. The maximum atomic E-state index is 12.1. The van der Waals surface area contributed by atoms with E-state index in [1.165, 1.54) is 11.3 Å². The number of hydrogen-bond donors (Lipinski definition) is 2. The molecular weight excluding hydrogens is 300 g/mol. The molecule has 116 valence electrons. The molecule has 2 N–H and O–H groups in total. The standard InChI is InChI=1S/C16H18N2O3S/c1-4-12-10(3)22-15(14(12)16(20)21)18-13(19)7-11-6-5-9(2)17-8-11/h5-6,8H,4,7H2,1-3H3,(H,18,19)(H,20,21). The minimum atomic E-state index is -1.01. The Morgan fingerprint density at radius 3 is 2.59 bits per heavy atom. The largest absolute Gasteiger partial charge is 0.478 e. The summed E-state index contributed by atoms with van der Waals surface area (Å²) in [6.07, 6.45) is 2.45. The number of aromatic carboxylic acids is 1. The molecule has 2 heterocycles. The summed E-state index contributed by atoms with van der Waals surface area (Å²) in [5.74, 6) is -1.24. The van der Waals surface area contributed by atoms with Gasteiger partial charge in [0.25, 0.3) is 0 Å². The third-order valence-electron chi connectivity index (χ3n) is 3.37. The Balaban J connectivity index is 2.18. The second kappa shape index (κ2) is 6.70. The smallest absolute Gasteiger partial charge is 0.339 e. The summed E-state index contributed by atoms with van der Waals surface area (Å²) >= 11 is 1.31. The molecule has 22 heavy (non-hydrogen) atoms. The topological polar surface area (TPSA) is 79.3 Å². The molecule has 2 aromatic rings. The lowest BCUT2D eigenvalue weighted by Gasteiger charge is -2.05. The predicted octanol–water partition coefficient (Wildman–Crippen LogP) is 3.20. The maximum Gasteiger partial charge on any atom is 0.339 e. The fourth-order valence-corrected chi connectivity index (χ4v) is 3.43. The van der Waals surface area contributed by atoms with Gasteiger partial charge in [-0.1, -0.05) is 13.0 Å². The van der Waals surface area contributed by atoms with Crippen molar-refractivity contribution >= 4 is 28.2 Å². The highest BCUT2D eigenvalue weighted by molar-refractivity contribution is 7.16. The number of rotatable bonds is 5. The number of hydrogen-bond acceptors (Lipinski definition) is 4. The Bertz CT molecular complexity index is 705. The number of amides is 1. The zero-order valence-electron chi connectivity index (χ0n) is 12.8. The van der Waals surface area contributed by atoms with E-state index >= 15 is 0 Å². The van der Waals surface area contributed by atoms with Crippen LogP contribution in [0.1, 0.15) is 39.0 Å². The van der Waals surface area contributed by atoms with Crippen LogP contribution in [0.3, 0.4) is 0 Å². The molecule has 0 saturated carbocycles. The van der Waals surface area contributed by atoms with Crippen LogP contribution < -0.4 is 5.32 Å². The summed E-state index contributed by atoms with van der Waals surface area (Å²) in [5.41, 5.74) is 2.67. The fourth-order valence-electron chi connectivity index (χ4n) is 2.28. The molecule has 5 nitrogen and oxygen atoms in total. The molecule has 2 aromatic heterocycles. The van der Waals surface area contributed by atoms with Gasteiger partial charge in [-0.2, -0.15) is 0 Å². The van der Waals surface area contributed by atoms with Crippen molar-refractivity contribution in [1.29, 1.82) is 0 Å². The highest BCUT2D eigenvalue weighted by Gasteiger charge is 2.21. The Labute approximate surface area is 133 Å². The highest BCUT2D eigenvalue weighted by atomic mass is 32.1. The Morgan fingerprint density at radius 2 is 2.05 bits per heavy atom. The molecule has 0 radical (unpaired) electrons. The van der Waals surface area contributed by atoms with Crippen molar-refractivity contribution in [2.24, 2.45) is 0 Å². The maximum absolute atomic E-state index is 12.1. The number of pyridine rings is 1. The number of carboxylic acids is 1. The molecule has 0 aliphatic rings. The molecule has 1 amide bonds. The van der Waals surface area contributed by atoms with Gasteiger partial charge in [0.1, 0.15) is 5.00 Å². The second-order valence-electron chi connectivity index (χ2n) is 5.03. The Kier molecular flexibility index (Phi) is 4.92. The summed E-state index contributed by atoms with van der Waals surface area (Å²) in [5, 5.41) is 12.5. The number of anilines is 1. The van der Waals surface area contributed by atoms with Gasteiger partial charge in [0.15, 0.2) is 0 Å². The van der Waals surface area contributed by atoms with Crippen molar-refractivity contribution in [2.75, 3.05) is 5.32 Å². The van der Waals surface area contributed by atoms with Crippen molar-refractivity contribution in [1.82, 2.24) is 4.98 Å². The summed E-state index contributed by atoms with van der Waals surface area (Å²) < 4.78 is 0. The number of aryl methyl sites for hydroxylation is 2. The molecule has 0 saturated heterocycles. The molecule has 2 rings (SSSR count). The average Bonchev–Trinajstić information content (AvgIpc) is 2.76. The van der Waals surface area contributed by atoms with E-state index in [2.05, 4.69) is 10.3 Å². The zero-order valence-corrected chi connectivity index (χ0v) is 13.6. The van der Waals surface area contributed by atoms with Gasteiger partial charge in [-0.05, 0) is 37.5 Å². The molecule has 0 fully saturated rings. The van der Waals surface area contributed by atoms with Gasteiger partial charge in [-0.3, -0.25) is 9.78 Å². The second-order valence-corrected chi connectivity index (χ2v) is 6.26. The summed E-state index contributed by atoms with van der Waals surface area (Å²) in [4.78, 5) is 28.6. The van der Waals surface area contributed by atoms with Crippen LogP contribution in [0.2, 0.25) is 0 Å². The molecule has 0 bridgehead atoms. The molecule has 0 aliphatic carbocycles. The molecule has 0 aliphatic heterocycles. The molecular formula is C16H18N2O3S. The van der Waals surface area contributed by atoms with Gasteiger partial charge in [-0.15, -0.1) is 11.3 Å². The normalized spacial score (nSPS) is 10.5. The fraction of sp³-hybridized carbons (Fsp3) is 0.312. The Morgan fingerprint density at radius 1 is 1.32 bits per heavy atom. The predicted molar refractivity (Wildman–Crippen MR) is 86.7 cm³/mol. The average molecular weight is 318 g/mol. The van der Waals surface area contributed by atoms with Crippen LogP contribution >= 0.6 is 11.3 Å². The first-order chi connectivity index (χ1) is 10.4. The van der Waals surface area contributed by atoms with Gasteiger partial charge in [-0.25, -0.2) is 4.79 Å². The van der Waals surface area contributed by atoms with Gasteiger partial charge < -0.3 is 10.4 Å². The van der Waals surface area contributed by atoms with Crippen molar-refractivity contribution < 1.29 is 14.7 Å². The van der Waals surface area contributed by atoms with Gasteiger partial charge in [0, 0.05) is 16.8 Å². The SMILES string of the molecule is CCc1c(C)sc(NC(=O)Cc2ccc(C)nc2)c1C(=O)O. The first-order valence-electron chi connectivity index (χ1n) is 6.99. The quantitative estimate of drug-likeness (QED) is 0.887. The first kappa shape index (κ1) is 16.2. The zero-order chi connectivity index (χ0) is 16.3. The van der Waals surface area contributed by atoms with Crippen LogP contribution in [-0.4, -0.2) is 22.0 Å². The van der Waals surface area contributed by atoms with Gasteiger partial charge in [0.2, 0.25) is 5.91 Å². The van der Waals surface area contributed by atoms with E-state index in [4.69, 9.17) is 0 Å². The van der Waals surface area contributed by atoms with Gasteiger partial charge in [0.05, 0.1) is 12.0 Å². The van der Waals surface area contributed by atoms with Crippen molar-refractivity contribution in [3.63, 3.8) is 0 Å². The van der Waals surface area contributed by atoms with E-state index in [0.29, 0.717) is 11.4 Å². The number of nitrogens with zero attached hydrogens (tertiary/aromatic N) is 1. The number of thiophene rings is 1. The third kappa shape index (κ3) is 3.51. The van der Waals surface area contributed by atoms with Crippen LogP contribution in [0, 0.1) is 13.8 Å². The lowest BCUT2D eigenvalue weighted by Crippen LogP contribution is -2.16. The number of carbonyl (C=O) groups excluding carboxylic acids is 1. The lowest BCUT2D eigenvalue weighted by molar-refractivity contribution is -0.115. The molecule has 0 unspecified atom stereocenters. The van der Waals surface area contributed by atoms with Crippen LogP contribution in [0.4, 0.5) is 5.00 Å². The molecule has 0 atom stereocenters. The van der Waals surface area contributed by atoms with Crippen LogP contribution in [0.5, 0.6) is 0 Å². The van der Waals surface area contributed by atoms with Gasteiger partial charge >= 0.3 is 5.97 Å². The number of aromatic nitrogens is 1. The first-order valence-corrected chi connectivity index (χ1v) is 7.81. The van der Waals surface area contributed by atoms with E-state index < -0.39 is 5.97 Å². The van der Waals surface area contributed by atoms with E-state index in [0.717, 1.165) is 21.7 Å².